The average Bonchev–Trinajstić information content (AvgIpc) is 3.10. The van der Waals surface area contributed by atoms with Crippen molar-refractivity contribution in [3.05, 3.63) is 0 Å². The molecule has 2 fully saturated rings. The highest BCUT2D eigenvalue weighted by atomic mass is 16.6. The van der Waals surface area contributed by atoms with Gasteiger partial charge in [-0.2, -0.15) is 0 Å². The number of carbonyl (C=O) groups is 2. The standard InChI is InChI=1S/C16H29N3O4/c1-10-12(9-17-13(20)18-11-7-8-11)19(16(5,6)22-10)14(21)23-15(2,3)4/h10-12H,7-9H2,1-6H3,(H2,17,18,20)/t10-,12+/m1/s1. The van der Waals surface area contributed by atoms with Crippen LogP contribution in [-0.2, 0) is 9.47 Å². The van der Waals surface area contributed by atoms with Gasteiger partial charge in [0.05, 0.1) is 12.1 Å². The third-order valence-corrected chi connectivity index (χ3v) is 3.90. The second-order valence-corrected chi connectivity index (χ2v) is 7.82. The van der Waals surface area contributed by atoms with E-state index in [1.165, 1.54) is 0 Å². The number of carbonyl (C=O) groups excluding carboxylic acids is 2. The Balaban J connectivity index is 2.01. The third kappa shape index (κ3) is 4.73. The lowest BCUT2D eigenvalue weighted by Crippen LogP contribution is -2.54. The van der Waals surface area contributed by atoms with Gasteiger partial charge in [0, 0.05) is 12.6 Å². The molecular formula is C16H29N3O4. The topological polar surface area (TPSA) is 79.9 Å². The monoisotopic (exact) mass is 327 g/mol. The van der Waals surface area contributed by atoms with Crippen LogP contribution >= 0.6 is 0 Å². The van der Waals surface area contributed by atoms with E-state index >= 15 is 0 Å². The maximum atomic E-state index is 12.6. The Morgan fingerprint density at radius 2 is 1.91 bits per heavy atom. The lowest BCUT2D eigenvalue weighted by molar-refractivity contribution is -0.0756. The van der Waals surface area contributed by atoms with Crippen LogP contribution in [0.4, 0.5) is 9.59 Å². The van der Waals surface area contributed by atoms with Gasteiger partial charge in [-0.05, 0) is 54.4 Å². The second-order valence-electron chi connectivity index (χ2n) is 7.82. The number of ether oxygens (including phenoxy) is 2. The van der Waals surface area contributed by atoms with Gasteiger partial charge in [-0.3, -0.25) is 4.90 Å². The van der Waals surface area contributed by atoms with Crippen LogP contribution in [0, 0.1) is 0 Å². The van der Waals surface area contributed by atoms with Crippen LogP contribution in [-0.4, -0.2) is 53.1 Å². The van der Waals surface area contributed by atoms with Crippen molar-refractivity contribution in [2.75, 3.05) is 6.54 Å². The summed E-state index contributed by atoms with van der Waals surface area (Å²) < 4.78 is 11.4. The van der Waals surface area contributed by atoms with E-state index in [0.29, 0.717) is 12.6 Å². The molecule has 132 valence electrons. The Hall–Kier alpha value is -1.50. The molecule has 1 saturated heterocycles. The smallest absolute Gasteiger partial charge is 0.412 e. The summed E-state index contributed by atoms with van der Waals surface area (Å²) in [4.78, 5) is 26.0. The summed E-state index contributed by atoms with van der Waals surface area (Å²) in [5.41, 5.74) is -1.36. The minimum atomic E-state index is -0.777. The molecule has 2 N–H and O–H groups in total. The molecule has 2 aliphatic rings. The molecule has 2 atom stereocenters. The summed E-state index contributed by atoms with van der Waals surface area (Å²) in [5, 5.41) is 5.70. The van der Waals surface area contributed by atoms with Crippen molar-refractivity contribution in [3.8, 4) is 0 Å². The van der Waals surface area contributed by atoms with E-state index in [1.54, 1.807) is 4.90 Å². The van der Waals surface area contributed by atoms with Crippen LogP contribution in [0.2, 0.25) is 0 Å². The van der Waals surface area contributed by atoms with Gasteiger partial charge in [-0.25, -0.2) is 9.59 Å². The fourth-order valence-corrected chi connectivity index (χ4v) is 2.78. The maximum absolute atomic E-state index is 12.6. The lowest BCUT2D eigenvalue weighted by atomic mass is 10.1. The molecule has 7 nitrogen and oxygen atoms in total. The van der Waals surface area contributed by atoms with Crippen LogP contribution in [0.25, 0.3) is 0 Å². The minimum absolute atomic E-state index is 0.196. The van der Waals surface area contributed by atoms with Gasteiger partial charge in [-0.1, -0.05) is 0 Å². The predicted octanol–water partition coefficient (Wildman–Crippen LogP) is 2.21. The molecule has 0 unspecified atom stereocenters. The molecule has 1 saturated carbocycles. The first-order valence-corrected chi connectivity index (χ1v) is 8.24. The van der Waals surface area contributed by atoms with E-state index in [4.69, 9.17) is 9.47 Å². The van der Waals surface area contributed by atoms with E-state index in [9.17, 15) is 9.59 Å². The normalized spacial score (nSPS) is 26.8. The second kappa shape index (κ2) is 6.19. The third-order valence-electron chi connectivity index (χ3n) is 3.90. The van der Waals surface area contributed by atoms with Crippen molar-refractivity contribution in [3.63, 3.8) is 0 Å². The van der Waals surface area contributed by atoms with Crippen LogP contribution < -0.4 is 10.6 Å². The predicted molar refractivity (Wildman–Crippen MR) is 86.0 cm³/mol. The van der Waals surface area contributed by atoms with Gasteiger partial charge in [0.1, 0.15) is 11.3 Å². The van der Waals surface area contributed by atoms with E-state index in [0.717, 1.165) is 12.8 Å². The molecule has 7 heteroatoms. The van der Waals surface area contributed by atoms with Crippen LogP contribution in [0.3, 0.4) is 0 Å². The zero-order valence-corrected chi connectivity index (χ0v) is 14.9. The Morgan fingerprint density at radius 3 is 2.43 bits per heavy atom. The van der Waals surface area contributed by atoms with Crippen molar-refractivity contribution in [2.45, 2.75) is 83.9 Å². The molecule has 2 rings (SSSR count). The number of nitrogens with zero attached hydrogens (tertiary/aromatic N) is 1. The number of amides is 3. The number of rotatable bonds is 3. The minimum Gasteiger partial charge on any atom is -0.444 e. The van der Waals surface area contributed by atoms with Crippen molar-refractivity contribution >= 4 is 12.1 Å². The van der Waals surface area contributed by atoms with E-state index in [-0.39, 0.29) is 18.2 Å². The Morgan fingerprint density at radius 1 is 1.30 bits per heavy atom. The fraction of sp³-hybridized carbons (Fsp3) is 0.875. The summed E-state index contributed by atoms with van der Waals surface area (Å²) in [6.07, 6.45) is 1.45. The van der Waals surface area contributed by atoms with Crippen LogP contribution in [0.15, 0.2) is 0 Å². The van der Waals surface area contributed by atoms with E-state index < -0.39 is 17.4 Å². The SMILES string of the molecule is C[C@H]1OC(C)(C)N(C(=O)OC(C)(C)C)[C@H]1CNC(=O)NC1CC1. The molecular weight excluding hydrogens is 298 g/mol. The number of hydrogen-bond donors (Lipinski definition) is 2. The van der Waals surface area contributed by atoms with Gasteiger partial charge in [-0.15, -0.1) is 0 Å². The Kier molecular flexibility index (Phi) is 4.80. The highest BCUT2D eigenvalue weighted by Gasteiger charge is 2.49. The number of hydrogen-bond acceptors (Lipinski definition) is 4. The molecule has 23 heavy (non-hydrogen) atoms. The van der Waals surface area contributed by atoms with Gasteiger partial charge in [0.15, 0.2) is 0 Å². The Bertz CT molecular complexity index is 468. The first kappa shape index (κ1) is 17.8. The van der Waals surface area contributed by atoms with Gasteiger partial charge in [0.25, 0.3) is 0 Å². The summed E-state index contributed by atoms with van der Waals surface area (Å²) in [7, 11) is 0. The van der Waals surface area contributed by atoms with Crippen molar-refractivity contribution in [1.82, 2.24) is 15.5 Å². The van der Waals surface area contributed by atoms with Crippen LogP contribution in [0.1, 0.15) is 54.4 Å². The molecule has 1 aliphatic carbocycles. The molecule has 1 heterocycles. The highest BCUT2D eigenvalue weighted by Crippen LogP contribution is 2.33. The summed E-state index contributed by atoms with van der Waals surface area (Å²) in [5.74, 6) is 0. The lowest BCUT2D eigenvalue weighted by Gasteiger charge is -2.35. The highest BCUT2D eigenvalue weighted by molar-refractivity contribution is 5.75. The largest absolute Gasteiger partial charge is 0.444 e. The first-order chi connectivity index (χ1) is 10.5. The van der Waals surface area contributed by atoms with E-state index in [1.807, 2.05) is 41.5 Å². The number of urea groups is 1. The van der Waals surface area contributed by atoms with Gasteiger partial charge < -0.3 is 20.1 Å². The van der Waals surface area contributed by atoms with Crippen molar-refractivity contribution < 1.29 is 19.1 Å². The van der Waals surface area contributed by atoms with E-state index in [2.05, 4.69) is 10.6 Å². The fourth-order valence-electron chi connectivity index (χ4n) is 2.78. The molecule has 1 aliphatic heterocycles. The zero-order valence-electron chi connectivity index (χ0n) is 14.9. The summed E-state index contributed by atoms with van der Waals surface area (Å²) in [6.45, 7) is 11.4. The Labute approximate surface area is 138 Å². The molecule has 0 aromatic rings. The molecule has 3 amide bonds. The molecule has 0 spiro atoms. The van der Waals surface area contributed by atoms with Gasteiger partial charge in [0.2, 0.25) is 0 Å². The van der Waals surface area contributed by atoms with Crippen LogP contribution in [0.5, 0.6) is 0 Å². The van der Waals surface area contributed by atoms with Crippen molar-refractivity contribution in [1.29, 1.82) is 0 Å². The zero-order chi connectivity index (χ0) is 17.4. The summed E-state index contributed by atoms with van der Waals surface area (Å²) >= 11 is 0. The molecule has 0 radical (unpaired) electrons. The molecule has 0 bridgehead atoms. The quantitative estimate of drug-likeness (QED) is 0.833. The van der Waals surface area contributed by atoms with Gasteiger partial charge >= 0.3 is 12.1 Å². The maximum Gasteiger partial charge on any atom is 0.412 e. The average molecular weight is 327 g/mol. The molecule has 0 aromatic carbocycles. The van der Waals surface area contributed by atoms with Crippen molar-refractivity contribution in [2.24, 2.45) is 0 Å². The summed E-state index contributed by atoms with van der Waals surface area (Å²) in [6, 6.07) is -0.177. The first-order valence-electron chi connectivity index (χ1n) is 8.24. The number of nitrogens with one attached hydrogen (secondary N) is 2. The molecule has 0 aromatic heterocycles.